The molecule has 0 spiro atoms. The highest BCUT2D eigenvalue weighted by Gasteiger charge is 2.21. The number of hydrogen-bond acceptors (Lipinski definition) is 3. The third-order valence-corrected chi connectivity index (χ3v) is 6.40. The molecule has 5 rings (SSSR count). The maximum atomic E-state index is 3.65. The highest BCUT2D eigenvalue weighted by Crippen LogP contribution is 2.27. The Morgan fingerprint density at radius 3 is 2.36 bits per heavy atom. The Labute approximate surface area is 167 Å². The van der Waals surface area contributed by atoms with Gasteiger partial charge >= 0.3 is 0 Å². The van der Waals surface area contributed by atoms with Gasteiger partial charge < -0.3 is 9.88 Å². The van der Waals surface area contributed by atoms with E-state index in [2.05, 4.69) is 74.3 Å². The van der Waals surface area contributed by atoms with Crippen molar-refractivity contribution in [3.05, 3.63) is 65.9 Å². The van der Waals surface area contributed by atoms with Gasteiger partial charge in [0, 0.05) is 61.6 Å². The van der Waals surface area contributed by atoms with Crippen LogP contribution in [0.1, 0.15) is 17.7 Å². The van der Waals surface area contributed by atoms with E-state index < -0.39 is 0 Å². The predicted octanol–water partition coefficient (Wildman–Crippen LogP) is 3.74. The zero-order valence-electron chi connectivity index (χ0n) is 16.6. The second-order valence-corrected chi connectivity index (χ2v) is 8.17. The van der Waals surface area contributed by atoms with Crippen LogP contribution in [0.25, 0.3) is 10.9 Å². The van der Waals surface area contributed by atoms with Crippen molar-refractivity contribution in [3.63, 3.8) is 0 Å². The molecule has 0 unspecified atom stereocenters. The summed E-state index contributed by atoms with van der Waals surface area (Å²) in [6, 6.07) is 19.6. The van der Waals surface area contributed by atoms with E-state index in [1.54, 1.807) is 5.56 Å². The Balaban J connectivity index is 1.09. The summed E-state index contributed by atoms with van der Waals surface area (Å²) >= 11 is 0. The number of fused-ring (bicyclic) bond motifs is 3. The number of nitrogens with zero attached hydrogens (tertiary/aromatic N) is 3. The van der Waals surface area contributed by atoms with Gasteiger partial charge in [0.05, 0.1) is 0 Å². The van der Waals surface area contributed by atoms with Crippen LogP contribution in [-0.2, 0) is 13.0 Å². The normalized spacial score (nSPS) is 18.5. The van der Waals surface area contributed by atoms with Gasteiger partial charge in [-0.3, -0.25) is 9.80 Å². The van der Waals surface area contributed by atoms with Gasteiger partial charge in [-0.05, 0) is 49.7 Å². The third kappa shape index (κ3) is 3.67. The Kier molecular flexibility index (Phi) is 5.06. The van der Waals surface area contributed by atoms with Crippen molar-refractivity contribution in [1.29, 1.82) is 0 Å². The molecular weight excluding hydrogens is 344 g/mol. The van der Waals surface area contributed by atoms with Crippen LogP contribution < -0.4 is 4.90 Å². The zero-order chi connectivity index (χ0) is 18.8. The maximum Gasteiger partial charge on any atom is 0.0459 e. The van der Waals surface area contributed by atoms with Crippen LogP contribution in [0.3, 0.4) is 0 Å². The lowest BCUT2D eigenvalue weighted by atomic mass is 10.0. The van der Waals surface area contributed by atoms with E-state index in [-0.39, 0.29) is 0 Å². The van der Waals surface area contributed by atoms with Gasteiger partial charge in [0.15, 0.2) is 0 Å². The molecule has 0 amide bonds. The lowest BCUT2D eigenvalue weighted by Gasteiger charge is -2.36. The monoisotopic (exact) mass is 374 g/mol. The number of aromatic amines is 1. The van der Waals surface area contributed by atoms with Gasteiger partial charge in [0.25, 0.3) is 0 Å². The topological polar surface area (TPSA) is 25.5 Å². The van der Waals surface area contributed by atoms with Gasteiger partial charge in [-0.25, -0.2) is 0 Å². The maximum absolute atomic E-state index is 3.65. The minimum atomic E-state index is 1.08. The molecule has 2 aliphatic rings. The van der Waals surface area contributed by atoms with E-state index in [9.17, 15) is 0 Å². The average molecular weight is 375 g/mol. The molecule has 4 heteroatoms. The van der Waals surface area contributed by atoms with Crippen LogP contribution in [0.4, 0.5) is 5.69 Å². The van der Waals surface area contributed by atoms with Crippen molar-refractivity contribution in [2.75, 3.05) is 50.7 Å². The van der Waals surface area contributed by atoms with Crippen LogP contribution >= 0.6 is 0 Å². The molecule has 1 fully saturated rings. The van der Waals surface area contributed by atoms with Crippen LogP contribution in [0, 0.1) is 0 Å². The van der Waals surface area contributed by atoms with Gasteiger partial charge in [-0.15, -0.1) is 0 Å². The molecule has 28 heavy (non-hydrogen) atoms. The first-order valence-electron chi connectivity index (χ1n) is 10.7. The van der Waals surface area contributed by atoms with Crippen LogP contribution in [0.15, 0.2) is 54.6 Å². The fourth-order valence-electron chi connectivity index (χ4n) is 4.83. The average Bonchev–Trinajstić information content (AvgIpc) is 3.13. The summed E-state index contributed by atoms with van der Waals surface area (Å²) < 4.78 is 0. The van der Waals surface area contributed by atoms with Gasteiger partial charge in [0.1, 0.15) is 0 Å². The van der Waals surface area contributed by atoms with Crippen molar-refractivity contribution in [2.45, 2.75) is 19.4 Å². The summed E-state index contributed by atoms with van der Waals surface area (Å²) in [6.45, 7) is 9.34. The Morgan fingerprint density at radius 1 is 0.750 bits per heavy atom. The summed E-state index contributed by atoms with van der Waals surface area (Å²) in [5, 5.41) is 1.42. The minimum absolute atomic E-state index is 1.08. The van der Waals surface area contributed by atoms with Crippen molar-refractivity contribution in [2.24, 2.45) is 0 Å². The number of para-hydroxylation sites is 2. The van der Waals surface area contributed by atoms with E-state index in [1.807, 2.05) is 0 Å². The molecule has 0 radical (unpaired) electrons. The first-order chi connectivity index (χ1) is 13.9. The molecule has 0 bridgehead atoms. The van der Waals surface area contributed by atoms with E-state index in [4.69, 9.17) is 0 Å². The summed E-state index contributed by atoms with van der Waals surface area (Å²) in [4.78, 5) is 11.4. The van der Waals surface area contributed by atoms with Crippen LogP contribution in [-0.4, -0.2) is 60.6 Å². The molecule has 2 aromatic carbocycles. The first kappa shape index (κ1) is 17.8. The molecular formula is C24H30N4. The van der Waals surface area contributed by atoms with E-state index in [0.29, 0.717) is 0 Å². The second kappa shape index (κ2) is 7.98. The largest absolute Gasteiger partial charge is 0.369 e. The molecule has 146 valence electrons. The highest BCUT2D eigenvalue weighted by atomic mass is 15.3. The Hall–Kier alpha value is -2.30. The van der Waals surface area contributed by atoms with Gasteiger partial charge in [-0.1, -0.05) is 36.4 Å². The summed E-state index contributed by atoms with van der Waals surface area (Å²) in [5.74, 6) is 0. The number of nitrogens with one attached hydrogen (secondary N) is 1. The SMILES string of the molecule is c1ccc(N2CCN(CCCN3CCc4c([nH]c5ccccc45)C3)CC2)cc1. The third-order valence-electron chi connectivity index (χ3n) is 6.40. The smallest absolute Gasteiger partial charge is 0.0459 e. The van der Waals surface area contributed by atoms with Crippen molar-refractivity contribution in [1.82, 2.24) is 14.8 Å². The number of piperazine rings is 1. The van der Waals surface area contributed by atoms with Crippen molar-refractivity contribution < 1.29 is 0 Å². The van der Waals surface area contributed by atoms with E-state index in [1.165, 1.54) is 67.8 Å². The van der Waals surface area contributed by atoms with Gasteiger partial charge in [0.2, 0.25) is 0 Å². The molecule has 0 saturated carbocycles. The van der Waals surface area contributed by atoms with Crippen LogP contribution in [0.5, 0.6) is 0 Å². The number of anilines is 1. The molecule has 3 heterocycles. The lowest BCUT2D eigenvalue weighted by molar-refractivity contribution is 0.209. The highest BCUT2D eigenvalue weighted by molar-refractivity contribution is 5.84. The fourth-order valence-corrected chi connectivity index (χ4v) is 4.83. The summed E-state index contributed by atoms with van der Waals surface area (Å²) in [6.07, 6.45) is 2.44. The predicted molar refractivity (Wildman–Crippen MR) is 117 cm³/mol. The molecule has 3 aromatic rings. The minimum Gasteiger partial charge on any atom is -0.369 e. The molecule has 4 nitrogen and oxygen atoms in total. The Morgan fingerprint density at radius 2 is 1.50 bits per heavy atom. The molecule has 0 aliphatic carbocycles. The van der Waals surface area contributed by atoms with E-state index in [0.717, 1.165) is 19.6 Å². The Bertz CT molecular complexity index is 909. The number of rotatable bonds is 5. The standard InChI is InChI=1S/C24H30N4/c1-2-7-20(8-3-1)28-17-15-26(16-18-28)12-6-13-27-14-11-22-21-9-4-5-10-23(21)25-24(22)19-27/h1-5,7-10,25H,6,11-19H2. The summed E-state index contributed by atoms with van der Waals surface area (Å²) in [5.41, 5.74) is 5.64. The summed E-state index contributed by atoms with van der Waals surface area (Å²) in [7, 11) is 0. The number of hydrogen-bond donors (Lipinski definition) is 1. The number of aromatic nitrogens is 1. The van der Waals surface area contributed by atoms with Gasteiger partial charge in [-0.2, -0.15) is 0 Å². The molecule has 2 aliphatic heterocycles. The van der Waals surface area contributed by atoms with Crippen molar-refractivity contribution >= 4 is 16.6 Å². The zero-order valence-corrected chi connectivity index (χ0v) is 16.6. The molecule has 0 atom stereocenters. The van der Waals surface area contributed by atoms with Crippen LogP contribution in [0.2, 0.25) is 0 Å². The second-order valence-electron chi connectivity index (χ2n) is 8.17. The molecule has 1 saturated heterocycles. The number of benzene rings is 2. The lowest BCUT2D eigenvalue weighted by Crippen LogP contribution is -2.47. The first-order valence-corrected chi connectivity index (χ1v) is 10.7. The quantitative estimate of drug-likeness (QED) is 0.737. The number of H-pyrrole nitrogens is 1. The molecule has 1 aromatic heterocycles. The molecule has 1 N–H and O–H groups in total. The van der Waals surface area contributed by atoms with Crippen molar-refractivity contribution in [3.8, 4) is 0 Å². The fraction of sp³-hybridized carbons (Fsp3) is 0.417. The van der Waals surface area contributed by atoms with E-state index >= 15 is 0 Å².